The monoisotopic (exact) mass is 535 g/mol. The molecule has 0 bridgehead atoms. The van der Waals surface area contributed by atoms with Crippen molar-refractivity contribution in [3.63, 3.8) is 0 Å². The highest BCUT2D eigenvalue weighted by molar-refractivity contribution is 6.32. The van der Waals surface area contributed by atoms with Gasteiger partial charge in [-0.05, 0) is 49.2 Å². The van der Waals surface area contributed by atoms with Crippen LogP contribution < -0.4 is 10.1 Å². The van der Waals surface area contributed by atoms with Gasteiger partial charge < -0.3 is 24.3 Å². The van der Waals surface area contributed by atoms with Gasteiger partial charge in [-0.2, -0.15) is 5.10 Å². The molecule has 3 aromatic carbocycles. The van der Waals surface area contributed by atoms with Gasteiger partial charge in [-0.15, -0.1) is 0 Å². The highest BCUT2D eigenvalue weighted by Gasteiger charge is 2.25. The van der Waals surface area contributed by atoms with Crippen molar-refractivity contribution >= 4 is 45.8 Å². The van der Waals surface area contributed by atoms with Crippen molar-refractivity contribution in [3.8, 4) is 11.5 Å². The van der Waals surface area contributed by atoms with Crippen molar-refractivity contribution in [1.82, 2.24) is 9.78 Å². The van der Waals surface area contributed by atoms with Crippen molar-refractivity contribution in [1.29, 1.82) is 0 Å². The van der Waals surface area contributed by atoms with E-state index in [1.807, 2.05) is 28.9 Å². The summed E-state index contributed by atoms with van der Waals surface area (Å²) >= 11 is 6.38. The van der Waals surface area contributed by atoms with Crippen LogP contribution in [0, 0.1) is 0 Å². The van der Waals surface area contributed by atoms with E-state index in [2.05, 4.69) is 5.32 Å². The van der Waals surface area contributed by atoms with E-state index < -0.39 is 11.9 Å². The number of rotatable bonds is 7. The second-order valence-electron chi connectivity index (χ2n) is 8.67. The molecule has 9 nitrogen and oxygen atoms in total. The van der Waals surface area contributed by atoms with Crippen LogP contribution in [0.3, 0.4) is 0 Å². The molecule has 0 saturated carbocycles. The lowest BCUT2D eigenvalue weighted by atomic mass is 10.0. The van der Waals surface area contributed by atoms with Crippen LogP contribution in [-0.2, 0) is 14.2 Å². The number of ether oxygens (including phenoxy) is 4. The maximum absolute atomic E-state index is 12.8. The Labute approximate surface area is 224 Å². The van der Waals surface area contributed by atoms with Gasteiger partial charge in [0.1, 0.15) is 5.75 Å². The van der Waals surface area contributed by atoms with E-state index in [1.165, 1.54) is 20.3 Å². The van der Waals surface area contributed by atoms with E-state index in [0.29, 0.717) is 41.1 Å². The third-order valence-corrected chi connectivity index (χ3v) is 6.77. The average Bonchev–Trinajstić information content (AvgIpc) is 3.39. The highest BCUT2D eigenvalue weighted by Crippen LogP contribution is 2.41. The van der Waals surface area contributed by atoms with Crippen molar-refractivity contribution in [2.75, 3.05) is 32.8 Å². The number of benzene rings is 3. The molecule has 1 saturated heterocycles. The zero-order valence-electron chi connectivity index (χ0n) is 20.9. The largest absolute Gasteiger partial charge is 0.465 e. The lowest BCUT2D eigenvalue weighted by molar-refractivity contribution is 0.0556. The number of nitrogens with zero attached hydrogens (tertiary/aromatic N) is 2. The molecule has 1 aromatic heterocycles. The molecule has 0 spiro atoms. The summed E-state index contributed by atoms with van der Waals surface area (Å²) in [5, 5.41) is 9.22. The molecular formula is C28H26ClN3O6. The van der Waals surface area contributed by atoms with Crippen LogP contribution in [0.5, 0.6) is 11.5 Å². The second kappa shape index (κ2) is 11.1. The van der Waals surface area contributed by atoms with Crippen molar-refractivity contribution in [3.05, 3.63) is 76.9 Å². The summed E-state index contributed by atoms with van der Waals surface area (Å²) < 4.78 is 23.7. The molecular weight excluding hydrogens is 510 g/mol. The fourth-order valence-electron chi connectivity index (χ4n) is 4.57. The van der Waals surface area contributed by atoms with Gasteiger partial charge in [0.05, 0.1) is 59.5 Å². The molecule has 5 rings (SSSR count). The Morgan fingerprint density at radius 3 is 2.47 bits per heavy atom. The Bertz CT molecular complexity index is 1500. The number of methoxy groups -OCH3 is 2. The molecule has 10 heteroatoms. The molecule has 1 fully saturated rings. The minimum absolute atomic E-state index is 0.0411. The predicted octanol–water partition coefficient (Wildman–Crippen LogP) is 6.15. The molecule has 0 amide bonds. The first-order chi connectivity index (χ1) is 18.5. The SMILES string of the molecule is COC(=O)c1cccc(Nc2c(Oc3ccccc3Cl)ccc3c2cnn3C2CCOCC2)c1C(=O)OC. The van der Waals surface area contributed by atoms with Crippen LogP contribution in [0.15, 0.2) is 60.8 Å². The molecule has 2 heterocycles. The summed E-state index contributed by atoms with van der Waals surface area (Å²) in [6.07, 6.45) is 3.46. The molecule has 1 aliphatic rings. The van der Waals surface area contributed by atoms with Gasteiger partial charge in [0.15, 0.2) is 5.75 Å². The fourth-order valence-corrected chi connectivity index (χ4v) is 4.75. The average molecular weight is 536 g/mol. The summed E-state index contributed by atoms with van der Waals surface area (Å²) in [5.41, 5.74) is 1.89. The van der Waals surface area contributed by atoms with Crippen molar-refractivity contribution < 1.29 is 28.5 Å². The fraction of sp³-hybridized carbons (Fsp3) is 0.250. The lowest BCUT2D eigenvalue weighted by Gasteiger charge is -2.23. The van der Waals surface area contributed by atoms with Gasteiger partial charge >= 0.3 is 11.9 Å². The molecule has 1 N–H and O–H groups in total. The number of hydrogen-bond donors (Lipinski definition) is 1. The molecule has 0 atom stereocenters. The van der Waals surface area contributed by atoms with Gasteiger partial charge in [-0.1, -0.05) is 29.8 Å². The van der Waals surface area contributed by atoms with E-state index in [9.17, 15) is 9.59 Å². The number of esters is 2. The first kappa shape index (κ1) is 25.6. The topological polar surface area (TPSA) is 101 Å². The number of para-hydroxylation sites is 1. The molecule has 38 heavy (non-hydrogen) atoms. The zero-order valence-corrected chi connectivity index (χ0v) is 21.7. The number of anilines is 2. The minimum atomic E-state index is -0.688. The zero-order chi connectivity index (χ0) is 26.6. The standard InChI is InChI=1S/C28H26ClN3O6/c1-35-27(33)18-6-5-8-21(25(18)28(34)36-2)31-26-19-16-30-32(17-12-14-37-15-13-17)22(19)10-11-24(26)38-23-9-4-3-7-20(23)29/h3-11,16-17,31H,12-15H2,1-2H3. The number of carbonyl (C=O) groups excluding carboxylic acids is 2. The molecule has 196 valence electrons. The van der Waals surface area contributed by atoms with Gasteiger partial charge in [-0.25, -0.2) is 9.59 Å². The number of aromatic nitrogens is 2. The van der Waals surface area contributed by atoms with Gasteiger partial charge in [-0.3, -0.25) is 4.68 Å². The lowest BCUT2D eigenvalue weighted by Crippen LogP contribution is -2.20. The van der Waals surface area contributed by atoms with Crippen LogP contribution >= 0.6 is 11.6 Å². The number of carbonyl (C=O) groups is 2. The summed E-state index contributed by atoms with van der Waals surface area (Å²) in [4.78, 5) is 25.3. The third kappa shape index (κ3) is 4.90. The Balaban J connectivity index is 1.66. The molecule has 0 aliphatic carbocycles. The number of fused-ring (bicyclic) bond motifs is 1. The summed E-state index contributed by atoms with van der Waals surface area (Å²) in [6.45, 7) is 1.35. The summed E-state index contributed by atoms with van der Waals surface area (Å²) in [5.74, 6) is -0.430. The van der Waals surface area contributed by atoms with Crippen molar-refractivity contribution in [2.24, 2.45) is 0 Å². The van der Waals surface area contributed by atoms with Gasteiger partial charge in [0.2, 0.25) is 0 Å². The molecule has 0 radical (unpaired) electrons. The Kier molecular flexibility index (Phi) is 7.48. The van der Waals surface area contributed by atoms with E-state index in [-0.39, 0.29) is 17.2 Å². The van der Waals surface area contributed by atoms with Crippen LogP contribution in [0.2, 0.25) is 5.02 Å². The second-order valence-corrected chi connectivity index (χ2v) is 9.08. The van der Waals surface area contributed by atoms with Crippen LogP contribution in [0.1, 0.15) is 39.6 Å². The van der Waals surface area contributed by atoms with E-state index in [4.69, 9.17) is 35.6 Å². The first-order valence-corrected chi connectivity index (χ1v) is 12.5. The van der Waals surface area contributed by atoms with E-state index in [1.54, 1.807) is 30.5 Å². The minimum Gasteiger partial charge on any atom is -0.465 e. The maximum Gasteiger partial charge on any atom is 0.340 e. The van der Waals surface area contributed by atoms with E-state index in [0.717, 1.165) is 23.7 Å². The quantitative estimate of drug-likeness (QED) is 0.281. The number of nitrogens with one attached hydrogen (secondary N) is 1. The van der Waals surface area contributed by atoms with Crippen LogP contribution in [0.25, 0.3) is 10.9 Å². The molecule has 4 aromatic rings. The summed E-state index contributed by atoms with van der Waals surface area (Å²) in [6, 6.07) is 15.9. The first-order valence-electron chi connectivity index (χ1n) is 12.1. The Morgan fingerprint density at radius 1 is 0.974 bits per heavy atom. The molecule has 1 aliphatic heterocycles. The predicted molar refractivity (Wildman–Crippen MR) is 143 cm³/mol. The number of hydrogen-bond acceptors (Lipinski definition) is 8. The maximum atomic E-state index is 12.8. The highest BCUT2D eigenvalue weighted by atomic mass is 35.5. The van der Waals surface area contributed by atoms with E-state index >= 15 is 0 Å². The summed E-state index contributed by atoms with van der Waals surface area (Å²) in [7, 11) is 2.51. The molecule has 0 unspecified atom stereocenters. The Morgan fingerprint density at radius 2 is 1.74 bits per heavy atom. The smallest absolute Gasteiger partial charge is 0.340 e. The van der Waals surface area contributed by atoms with Gasteiger partial charge in [0, 0.05) is 18.6 Å². The third-order valence-electron chi connectivity index (χ3n) is 6.45. The normalized spacial score (nSPS) is 13.8. The van der Waals surface area contributed by atoms with Crippen LogP contribution in [0.4, 0.5) is 11.4 Å². The van der Waals surface area contributed by atoms with Crippen LogP contribution in [-0.4, -0.2) is 49.2 Å². The number of halogens is 1. The Hall–Kier alpha value is -4.08. The van der Waals surface area contributed by atoms with Gasteiger partial charge in [0.25, 0.3) is 0 Å². The van der Waals surface area contributed by atoms with Crippen molar-refractivity contribution in [2.45, 2.75) is 18.9 Å².